The second kappa shape index (κ2) is 20.3. The fraction of sp³-hybridized carbons (Fsp3) is 0.938. The summed E-state index contributed by atoms with van der Waals surface area (Å²) < 4.78 is 31.7. The van der Waals surface area contributed by atoms with Crippen LogP contribution in [0.5, 0.6) is 0 Å². The molecule has 0 aromatic carbocycles. The van der Waals surface area contributed by atoms with Gasteiger partial charge < -0.3 is 33.7 Å². The zero-order valence-electron chi connectivity index (χ0n) is 15.1. The molecule has 0 fully saturated rings. The van der Waals surface area contributed by atoms with Crippen molar-refractivity contribution in [3.63, 3.8) is 0 Å². The van der Waals surface area contributed by atoms with Crippen LogP contribution in [0.25, 0.3) is 0 Å². The lowest BCUT2D eigenvalue weighted by molar-refractivity contribution is -0.125. The molecular formula is C16H33NO7. The number of likely N-dealkylation sites (N-methyl/N-ethyl adjacent to an activating group) is 1. The second-order valence-corrected chi connectivity index (χ2v) is 4.79. The maximum atomic E-state index is 10.9. The molecule has 1 amide bonds. The van der Waals surface area contributed by atoms with Crippen LogP contribution in [0.3, 0.4) is 0 Å². The molecule has 144 valence electrons. The Morgan fingerprint density at radius 3 is 1.29 bits per heavy atom. The Bertz CT molecular complexity index is 267. The second-order valence-electron chi connectivity index (χ2n) is 4.79. The summed E-state index contributed by atoms with van der Waals surface area (Å²) in [5.41, 5.74) is 0. The molecule has 0 heterocycles. The molecule has 8 nitrogen and oxygen atoms in total. The van der Waals surface area contributed by atoms with Gasteiger partial charge in [0.25, 0.3) is 0 Å². The highest BCUT2D eigenvalue weighted by atomic mass is 16.6. The molecule has 0 atom stereocenters. The van der Waals surface area contributed by atoms with Crippen LogP contribution in [0.15, 0.2) is 0 Å². The van der Waals surface area contributed by atoms with E-state index in [-0.39, 0.29) is 12.5 Å². The molecular weight excluding hydrogens is 318 g/mol. The number of nitrogens with one attached hydrogen (secondary N) is 1. The van der Waals surface area contributed by atoms with Gasteiger partial charge in [0, 0.05) is 13.7 Å². The molecule has 0 radical (unpaired) electrons. The van der Waals surface area contributed by atoms with Crippen LogP contribution in [0.4, 0.5) is 0 Å². The van der Waals surface area contributed by atoms with Crippen LogP contribution in [-0.4, -0.2) is 92.2 Å². The van der Waals surface area contributed by atoms with Gasteiger partial charge in [-0.3, -0.25) is 4.79 Å². The Hall–Kier alpha value is -0.770. The van der Waals surface area contributed by atoms with Crippen molar-refractivity contribution in [1.29, 1.82) is 0 Å². The lowest BCUT2D eigenvalue weighted by Crippen LogP contribution is -2.24. The van der Waals surface area contributed by atoms with Crippen molar-refractivity contribution in [3.05, 3.63) is 0 Å². The van der Waals surface area contributed by atoms with Gasteiger partial charge in [0.2, 0.25) is 5.91 Å². The maximum Gasteiger partial charge on any atom is 0.245 e. The van der Waals surface area contributed by atoms with Gasteiger partial charge in [-0.25, -0.2) is 0 Å². The van der Waals surface area contributed by atoms with E-state index in [4.69, 9.17) is 28.4 Å². The zero-order valence-corrected chi connectivity index (χ0v) is 15.1. The molecule has 24 heavy (non-hydrogen) atoms. The molecule has 0 spiro atoms. The summed E-state index contributed by atoms with van der Waals surface area (Å²) in [5, 5.41) is 2.47. The predicted octanol–water partition coefficient (Wildman–Crippen LogP) is 0.242. The van der Waals surface area contributed by atoms with E-state index in [1.165, 1.54) is 0 Å². The SMILES string of the molecule is CCCOCCOCCOCCOCCOCCOCC(=O)NC. The number of rotatable bonds is 19. The van der Waals surface area contributed by atoms with Gasteiger partial charge in [-0.15, -0.1) is 0 Å². The summed E-state index contributed by atoms with van der Waals surface area (Å²) in [6.45, 7) is 8.15. The smallest absolute Gasteiger partial charge is 0.245 e. The number of ether oxygens (including phenoxy) is 6. The standard InChI is InChI=1S/C16H33NO7/c1-3-4-19-5-6-20-7-8-21-9-10-22-11-12-23-13-14-24-15-16(18)17-2/h3-15H2,1-2H3,(H,17,18). The van der Waals surface area contributed by atoms with Crippen molar-refractivity contribution >= 4 is 5.91 Å². The Morgan fingerprint density at radius 2 is 0.958 bits per heavy atom. The van der Waals surface area contributed by atoms with Crippen molar-refractivity contribution in [3.8, 4) is 0 Å². The minimum Gasteiger partial charge on any atom is -0.379 e. The molecule has 0 rings (SSSR count). The van der Waals surface area contributed by atoms with E-state index >= 15 is 0 Å². The Labute approximate surface area is 145 Å². The van der Waals surface area contributed by atoms with Gasteiger partial charge >= 0.3 is 0 Å². The quantitative estimate of drug-likeness (QED) is 0.334. The first-order valence-electron chi connectivity index (χ1n) is 8.48. The largest absolute Gasteiger partial charge is 0.379 e. The molecule has 0 saturated carbocycles. The lowest BCUT2D eigenvalue weighted by atomic mass is 10.5. The number of hydrogen-bond acceptors (Lipinski definition) is 7. The average Bonchev–Trinajstić information content (AvgIpc) is 2.60. The van der Waals surface area contributed by atoms with Gasteiger partial charge in [-0.05, 0) is 6.42 Å². The molecule has 8 heteroatoms. The molecule has 0 aliphatic rings. The van der Waals surface area contributed by atoms with Gasteiger partial charge in [0.05, 0.1) is 66.1 Å². The Morgan fingerprint density at radius 1 is 0.625 bits per heavy atom. The molecule has 0 aromatic rings. The minimum absolute atomic E-state index is 0.0587. The van der Waals surface area contributed by atoms with Crippen LogP contribution in [0.1, 0.15) is 13.3 Å². The van der Waals surface area contributed by atoms with Crippen molar-refractivity contribution in [1.82, 2.24) is 5.32 Å². The van der Waals surface area contributed by atoms with E-state index in [1.54, 1.807) is 7.05 Å². The summed E-state index contributed by atoms with van der Waals surface area (Å²) in [5.74, 6) is -0.145. The van der Waals surface area contributed by atoms with E-state index in [0.717, 1.165) is 13.0 Å². The molecule has 0 bridgehead atoms. The van der Waals surface area contributed by atoms with Crippen LogP contribution in [0.2, 0.25) is 0 Å². The Balaban J connectivity index is 2.99. The highest BCUT2D eigenvalue weighted by Crippen LogP contribution is 1.85. The fourth-order valence-corrected chi connectivity index (χ4v) is 1.48. The highest BCUT2D eigenvalue weighted by molar-refractivity contribution is 5.76. The van der Waals surface area contributed by atoms with Gasteiger partial charge in [-0.2, -0.15) is 0 Å². The molecule has 0 unspecified atom stereocenters. The van der Waals surface area contributed by atoms with Crippen LogP contribution in [0, 0.1) is 0 Å². The third-order valence-electron chi connectivity index (χ3n) is 2.72. The topological polar surface area (TPSA) is 84.5 Å². The van der Waals surface area contributed by atoms with Gasteiger partial charge in [0.15, 0.2) is 0 Å². The van der Waals surface area contributed by atoms with Crippen LogP contribution in [-0.2, 0) is 33.2 Å². The lowest BCUT2D eigenvalue weighted by Gasteiger charge is -2.08. The van der Waals surface area contributed by atoms with Gasteiger partial charge in [0.1, 0.15) is 6.61 Å². The van der Waals surface area contributed by atoms with Crippen LogP contribution < -0.4 is 5.32 Å². The summed E-state index contributed by atoms with van der Waals surface area (Å²) in [7, 11) is 1.57. The van der Waals surface area contributed by atoms with Crippen molar-refractivity contribution in [2.24, 2.45) is 0 Å². The predicted molar refractivity (Wildman–Crippen MR) is 89.3 cm³/mol. The summed E-state index contributed by atoms with van der Waals surface area (Å²) in [6, 6.07) is 0. The highest BCUT2D eigenvalue weighted by Gasteiger charge is 1.97. The number of hydrogen-bond donors (Lipinski definition) is 1. The fourth-order valence-electron chi connectivity index (χ4n) is 1.48. The van der Waals surface area contributed by atoms with E-state index < -0.39 is 0 Å². The van der Waals surface area contributed by atoms with E-state index in [9.17, 15) is 4.79 Å². The summed E-state index contributed by atoms with van der Waals surface area (Å²) in [6.07, 6.45) is 1.03. The summed E-state index contributed by atoms with van der Waals surface area (Å²) in [4.78, 5) is 10.9. The van der Waals surface area contributed by atoms with Gasteiger partial charge in [-0.1, -0.05) is 6.92 Å². The van der Waals surface area contributed by atoms with E-state index in [0.29, 0.717) is 66.1 Å². The number of amides is 1. The zero-order chi connectivity index (χ0) is 17.7. The average molecular weight is 351 g/mol. The van der Waals surface area contributed by atoms with E-state index in [1.807, 2.05) is 0 Å². The third kappa shape index (κ3) is 19.3. The summed E-state index contributed by atoms with van der Waals surface area (Å²) >= 11 is 0. The normalized spacial score (nSPS) is 10.9. The molecule has 0 aliphatic heterocycles. The van der Waals surface area contributed by atoms with E-state index in [2.05, 4.69) is 12.2 Å². The minimum atomic E-state index is -0.145. The van der Waals surface area contributed by atoms with Crippen molar-refractivity contribution < 1.29 is 33.2 Å². The maximum absolute atomic E-state index is 10.9. The monoisotopic (exact) mass is 351 g/mol. The number of carbonyl (C=O) groups is 1. The molecule has 0 aliphatic carbocycles. The van der Waals surface area contributed by atoms with Crippen molar-refractivity contribution in [2.75, 3.05) is 86.3 Å². The first-order valence-corrected chi connectivity index (χ1v) is 8.48. The molecule has 0 saturated heterocycles. The first kappa shape index (κ1) is 23.2. The molecule has 1 N–H and O–H groups in total. The third-order valence-corrected chi connectivity index (χ3v) is 2.72. The number of carbonyl (C=O) groups excluding carboxylic acids is 1. The molecule has 0 aromatic heterocycles. The Kier molecular flexibility index (Phi) is 19.6. The van der Waals surface area contributed by atoms with Crippen molar-refractivity contribution in [2.45, 2.75) is 13.3 Å². The van der Waals surface area contributed by atoms with Crippen LogP contribution >= 0.6 is 0 Å². The first-order chi connectivity index (χ1) is 11.8.